The van der Waals surface area contributed by atoms with Gasteiger partial charge >= 0.3 is 0 Å². The van der Waals surface area contributed by atoms with E-state index in [9.17, 15) is 0 Å². The van der Waals surface area contributed by atoms with Crippen molar-refractivity contribution >= 4 is 22.4 Å². The molecule has 0 aliphatic heterocycles. The summed E-state index contributed by atoms with van der Waals surface area (Å²) in [5, 5.41) is 4.15. The molecule has 0 aliphatic carbocycles. The summed E-state index contributed by atoms with van der Waals surface area (Å²) in [7, 11) is 1.61. The van der Waals surface area contributed by atoms with Gasteiger partial charge in [0.25, 0.3) is 0 Å². The van der Waals surface area contributed by atoms with Crippen LogP contribution in [0.15, 0.2) is 72.5 Å². The van der Waals surface area contributed by atoms with Gasteiger partial charge in [-0.1, -0.05) is 18.2 Å². The van der Waals surface area contributed by atoms with Gasteiger partial charge in [-0.05, 0) is 35.9 Å². The predicted octanol–water partition coefficient (Wildman–Crippen LogP) is 5.32. The lowest BCUT2D eigenvalue weighted by atomic mass is 10.0. The van der Waals surface area contributed by atoms with Crippen LogP contribution in [0, 0.1) is 0 Å². The molecule has 4 heterocycles. The SMILES string of the molecule is COCOc1cccnc1Cc1cccc(-c2csc(-c3c[nH]c4ncccc34)n2)c1. The molecule has 0 radical (unpaired) electrons. The second-order valence-corrected chi connectivity index (χ2v) is 7.87. The number of aromatic nitrogens is 4. The minimum atomic E-state index is 0.198. The normalized spacial score (nSPS) is 11.1. The van der Waals surface area contributed by atoms with Crippen LogP contribution in [-0.4, -0.2) is 33.8 Å². The zero-order valence-electron chi connectivity index (χ0n) is 16.9. The first-order valence-corrected chi connectivity index (χ1v) is 10.7. The maximum atomic E-state index is 5.65. The topological polar surface area (TPSA) is 72.9 Å². The number of hydrogen-bond acceptors (Lipinski definition) is 6. The van der Waals surface area contributed by atoms with Crippen molar-refractivity contribution in [2.24, 2.45) is 0 Å². The molecule has 0 amide bonds. The lowest BCUT2D eigenvalue weighted by Gasteiger charge is -2.10. The van der Waals surface area contributed by atoms with Crippen molar-refractivity contribution in [3.63, 3.8) is 0 Å². The van der Waals surface area contributed by atoms with Crippen LogP contribution in [0.2, 0.25) is 0 Å². The summed E-state index contributed by atoms with van der Waals surface area (Å²) in [5.74, 6) is 0.735. The van der Waals surface area contributed by atoms with Crippen molar-refractivity contribution in [2.75, 3.05) is 13.9 Å². The van der Waals surface area contributed by atoms with Crippen LogP contribution in [0.1, 0.15) is 11.3 Å². The van der Waals surface area contributed by atoms with Gasteiger partial charge in [-0.2, -0.15) is 0 Å². The van der Waals surface area contributed by atoms with Gasteiger partial charge < -0.3 is 14.5 Å². The monoisotopic (exact) mass is 428 g/mol. The zero-order valence-corrected chi connectivity index (χ0v) is 17.7. The molecular weight excluding hydrogens is 408 g/mol. The Hall–Kier alpha value is -3.55. The van der Waals surface area contributed by atoms with Gasteiger partial charge in [0.15, 0.2) is 6.79 Å². The third-order valence-electron chi connectivity index (χ3n) is 4.96. The van der Waals surface area contributed by atoms with E-state index in [4.69, 9.17) is 14.5 Å². The first kappa shape index (κ1) is 19.4. The number of benzene rings is 1. The van der Waals surface area contributed by atoms with Crippen LogP contribution < -0.4 is 4.74 Å². The Morgan fingerprint density at radius 3 is 2.87 bits per heavy atom. The fourth-order valence-corrected chi connectivity index (χ4v) is 4.37. The van der Waals surface area contributed by atoms with Gasteiger partial charge in [0.2, 0.25) is 0 Å². The number of pyridine rings is 2. The van der Waals surface area contributed by atoms with Crippen molar-refractivity contribution in [3.05, 3.63) is 83.8 Å². The van der Waals surface area contributed by atoms with E-state index in [2.05, 4.69) is 50.7 Å². The average Bonchev–Trinajstić information content (AvgIpc) is 3.46. The van der Waals surface area contributed by atoms with Crippen LogP contribution in [0.25, 0.3) is 32.9 Å². The van der Waals surface area contributed by atoms with Crippen molar-refractivity contribution in [3.8, 4) is 27.6 Å². The van der Waals surface area contributed by atoms with E-state index in [0.717, 1.165) is 49.9 Å². The number of H-pyrrole nitrogens is 1. The van der Waals surface area contributed by atoms with Gasteiger partial charge in [-0.3, -0.25) is 4.98 Å². The molecule has 6 nitrogen and oxygen atoms in total. The van der Waals surface area contributed by atoms with Crippen molar-refractivity contribution in [2.45, 2.75) is 6.42 Å². The molecular formula is C24H20N4O2S. The van der Waals surface area contributed by atoms with E-state index >= 15 is 0 Å². The summed E-state index contributed by atoms with van der Waals surface area (Å²) in [5.41, 5.74) is 6.00. The van der Waals surface area contributed by atoms with E-state index in [1.54, 1.807) is 30.8 Å². The fourth-order valence-electron chi connectivity index (χ4n) is 3.51. The number of aromatic amines is 1. The van der Waals surface area contributed by atoms with Crippen molar-refractivity contribution < 1.29 is 9.47 Å². The number of ether oxygens (including phenoxy) is 2. The molecule has 0 fully saturated rings. The average molecular weight is 429 g/mol. The number of methoxy groups -OCH3 is 1. The summed E-state index contributed by atoms with van der Waals surface area (Å²) in [6.45, 7) is 0.198. The van der Waals surface area contributed by atoms with E-state index in [0.29, 0.717) is 6.42 Å². The standard InChI is InChI=1S/C24H20N4O2S/c1-29-15-30-22-8-4-9-25-20(22)12-16-5-2-6-17(11-16)21-14-31-24(28-21)19-13-27-23-18(19)7-3-10-26-23/h2-11,13-14H,12,15H2,1H3,(H,26,27). The number of thiazole rings is 1. The molecule has 0 saturated carbocycles. The molecule has 31 heavy (non-hydrogen) atoms. The molecule has 1 N–H and O–H groups in total. The van der Waals surface area contributed by atoms with Gasteiger partial charge in [0.1, 0.15) is 16.4 Å². The Morgan fingerprint density at radius 2 is 1.94 bits per heavy atom. The quantitative estimate of drug-likeness (QED) is 0.355. The highest BCUT2D eigenvalue weighted by molar-refractivity contribution is 7.13. The molecule has 0 spiro atoms. The molecule has 5 aromatic rings. The lowest BCUT2D eigenvalue weighted by Crippen LogP contribution is -2.03. The molecule has 0 unspecified atom stereocenters. The summed E-state index contributed by atoms with van der Waals surface area (Å²) in [6, 6.07) is 16.2. The number of hydrogen-bond donors (Lipinski definition) is 1. The third kappa shape index (κ3) is 4.05. The van der Waals surface area contributed by atoms with Gasteiger partial charge in [0.05, 0.1) is 11.4 Å². The van der Waals surface area contributed by atoms with E-state index < -0.39 is 0 Å². The molecule has 4 aromatic heterocycles. The van der Waals surface area contributed by atoms with Gasteiger partial charge in [-0.15, -0.1) is 11.3 Å². The second kappa shape index (κ2) is 8.67. The summed E-state index contributed by atoms with van der Waals surface area (Å²) >= 11 is 1.63. The van der Waals surface area contributed by atoms with E-state index in [-0.39, 0.29) is 6.79 Å². The first-order valence-electron chi connectivity index (χ1n) is 9.85. The number of nitrogens with zero attached hydrogens (tertiary/aromatic N) is 3. The number of fused-ring (bicyclic) bond motifs is 1. The Bertz CT molecular complexity index is 1330. The Morgan fingerprint density at radius 1 is 1.03 bits per heavy atom. The summed E-state index contributed by atoms with van der Waals surface area (Å²) in [4.78, 5) is 17.0. The molecule has 0 atom stereocenters. The predicted molar refractivity (Wildman–Crippen MR) is 122 cm³/mol. The first-order chi connectivity index (χ1) is 15.3. The van der Waals surface area contributed by atoms with Gasteiger partial charge in [0, 0.05) is 54.0 Å². The van der Waals surface area contributed by atoms with Crippen LogP contribution in [0.4, 0.5) is 0 Å². The highest BCUT2D eigenvalue weighted by Crippen LogP contribution is 2.33. The second-order valence-electron chi connectivity index (χ2n) is 7.02. The Kier molecular flexibility index (Phi) is 5.43. The number of nitrogens with one attached hydrogen (secondary N) is 1. The lowest BCUT2D eigenvalue weighted by molar-refractivity contribution is 0.0502. The van der Waals surface area contributed by atoms with Crippen LogP contribution >= 0.6 is 11.3 Å². The number of rotatable bonds is 7. The summed E-state index contributed by atoms with van der Waals surface area (Å²) in [6.07, 6.45) is 6.20. The largest absolute Gasteiger partial charge is 0.466 e. The molecule has 0 bridgehead atoms. The van der Waals surface area contributed by atoms with Crippen LogP contribution in [-0.2, 0) is 11.2 Å². The molecule has 154 valence electrons. The minimum Gasteiger partial charge on any atom is -0.466 e. The highest BCUT2D eigenvalue weighted by atomic mass is 32.1. The maximum Gasteiger partial charge on any atom is 0.188 e. The molecule has 0 saturated heterocycles. The fraction of sp³-hybridized carbons (Fsp3) is 0.125. The molecule has 7 heteroatoms. The smallest absolute Gasteiger partial charge is 0.188 e. The van der Waals surface area contributed by atoms with Crippen LogP contribution in [0.3, 0.4) is 0 Å². The molecule has 0 aliphatic rings. The van der Waals surface area contributed by atoms with Crippen molar-refractivity contribution in [1.82, 2.24) is 19.9 Å². The summed E-state index contributed by atoms with van der Waals surface area (Å²) < 4.78 is 10.7. The van der Waals surface area contributed by atoms with E-state index in [1.165, 1.54) is 0 Å². The Balaban J connectivity index is 1.42. The molecule has 5 rings (SSSR count). The minimum absolute atomic E-state index is 0.198. The van der Waals surface area contributed by atoms with Crippen LogP contribution in [0.5, 0.6) is 5.75 Å². The van der Waals surface area contributed by atoms with Gasteiger partial charge in [-0.25, -0.2) is 9.97 Å². The molecule has 1 aromatic carbocycles. The zero-order chi connectivity index (χ0) is 21.0. The third-order valence-corrected chi connectivity index (χ3v) is 5.84. The van der Waals surface area contributed by atoms with E-state index in [1.807, 2.05) is 24.4 Å². The van der Waals surface area contributed by atoms with Crippen molar-refractivity contribution in [1.29, 1.82) is 0 Å². The Labute approximate surface area is 183 Å². The highest BCUT2D eigenvalue weighted by Gasteiger charge is 2.13. The maximum absolute atomic E-state index is 5.65.